The van der Waals surface area contributed by atoms with Gasteiger partial charge < -0.3 is 0 Å². The van der Waals surface area contributed by atoms with Crippen molar-refractivity contribution in [1.82, 2.24) is 24.8 Å². The van der Waals surface area contributed by atoms with E-state index in [0.717, 1.165) is 66.1 Å². The lowest BCUT2D eigenvalue weighted by atomic mass is 9.89. The molecule has 2 aromatic carbocycles. The first-order valence-corrected chi connectivity index (χ1v) is 14.5. The molecule has 4 aromatic rings. The number of nitrogens with zero attached hydrogens (tertiary/aromatic N) is 5. The van der Waals surface area contributed by atoms with Crippen molar-refractivity contribution in [3.63, 3.8) is 0 Å². The summed E-state index contributed by atoms with van der Waals surface area (Å²) in [6, 6.07) is 12.0. The first-order valence-electron chi connectivity index (χ1n) is 13.8. The first kappa shape index (κ1) is 25.6. The maximum Gasteiger partial charge on any atom is 0.133 e. The Morgan fingerprint density at radius 3 is 2.66 bits per heavy atom. The summed E-state index contributed by atoms with van der Waals surface area (Å²) in [6.07, 6.45) is 12.6. The molecular weight excluding hydrogens is 520 g/mol. The number of aromatic nitrogens is 5. The average molecular weight is 553 g/mol. The fourth-order valence-electron chi connectivity index (χ4n) is 6.09. The second-order valence-corrected chi connectivity index (χ2v) is 11.5. The molecular formula is C30H32Cl2FN5. The van der Waals surface area contributed by atoms with Gasteiger partial charge in [-0.2, -0.15) is 5.10 Å². The predicted octanol–water partition coefficient (Wildman–Crippen LogP) is 8.08. The van der Waals surface area contributed by atoms with E-state index in [0.29, 0.717) is 22.4 Å². The lowest BCUT2D eigenvalue weighted by Gasteiger charge is -2.20. The van der Waals surface area contributed by atoms with E-state index in [1.54, 1.807) is 6.07 Å². The Morgan fingerprint density at radius 2 is 1.84 bits per heavy atom. The quantitative estimate of drug-likeness (QED) is 0.233. The van der Waals surface area contributed by atoms with Gasteiger partial charge in [-0.15, -0.1) is 5.10 Å². The monoisotopic (exact) mass is 551 g/mol. The molecule has 0 radical (unpaired) electrons. The lowest BCUT2D eigenvalue weighted by Crippen LogP contribution is -2.14. The van der Waals surface area contributed by atoms with Gasteiger partial charge in [0.25, 0.3) is 0 Å². The maximum atomic E-state index is 12.8. The van der Waals surface area contributed by atoms with Crippen LogP contribution < -0.4 is 0 Å². The van der Waals surface area contributed by atoms with Crippen LogP contribution in [0.2, 0.25) is 10.0 Å². The van der Waals surface area contributed by atoms with E-state index in [2.05, 4.69) is 34.7 Å². The second-order valence-electron chi connectivity index (χ2n) is 10.7. The number of fused-ring (bicyclic) bond motifs is 3. The maximum absolute atomic E-state index is 12.8. The molecule has 2 aromatic heterocycles. The van der Waals surface area contributed by atoms with Crippen LogP contribution in [0.1, 0.15) is 61.6 Å². The average Bonchev–Trinajstić information content (AvgIpc) is 3.48. The van der Waals surface area contributed by atoms with Gasteiger partial charge in [-0.25, -0.2) is 4.68 Å². The van der Waals surface area contributed by atoms with Crippen LogP contribution >= 0.6 is 23.2 Å². The smallest absolute Gasteiger partial charge is 0.133 e. The molecule has 2 heterocycles. The van der Waals surface area contributed by atoms with E-state index >= 15 is 0 Å². The van der Waals surface area contributed by atoms with Crippen LogP contribution in [0.3, 0.4) is 0 Å². The van der Waals surface area contributed by atoms with Crippen molar-refractivity contribution in [1.29, 1.82) is 0 Å². The first-order chi connectivity index (χ1) is 18.6. The Kier molecular flexibility index (Phi) is 7.53. The van der Waals surface area contributed by atoms with Crippen LogP contribution in [-0.2, 0) is 25.8 Å². The predicted molar refractivity (Wildman–Crippen MR) is 151 cm³/mol. The van der Waals surface area contributed by atoms with Gasteiger partial charge in [0.05, 0.1) is 29.3 Å². The zero-order valence-electron chi connectivity index (χ0n) is 21.5. The number of halogens is 3. The summed E-state index contributed by atoms with van der Waals surface area (Å²) >= 11 is 12.9. The molecule has 0 spiro atoms. The van der Waals surface area contributed by atoms with Crippen molar-refractivity contribution in [2.24, 2.45) is 5.92 Å². The van der Waals surface area contributed by atoms with E-state index in [1.807, 2.05) is 21.5 Å². The Balaban J connectivity index is 1.46. The molecule has 0 amide bonds. The highest BCUT2D eigenvalue weighted by Gasteiger charge is 2.28. The van der Waals surface area contributed by atoms with E-state index < -0.39 is 0 Å². The number of hydrogen-bond donors (Lipinski definition) is 0. The highest BCUT2D eigenvalue weighted by Crippen LogP contribution is 2.41. The van der Waals surface area contributed by atoms with Crippen molar-refractivity contribution in [3.8, 4) is 28.3 Å². The molecule has 6 rings (SSSR count). The topological polar surface area (TPSA) is 48.5 Å². The minimum Gasteiger partial charge on any atom is -0.252 e. The van der Waals surface area contributed by atoms with Gasteiger partial charge in [0.15, 0.2) is 0 Å². The van der Waals surface area contributed by atoms with Crippen LogP contribution in [0.4, 0.5) is 4.39 Å². The van der Waals surface area contributed by atoms with Gasteiger partial charge in [-0.1, -0.05) is 65.9 Å². The molecule has 198 valence electrons. The van der Waals surface area contributed by atoms with Crippen LogP contribution in [0.25, 0.3) is 28.3 Å². The molecule has 0 N–H and O–H groups in total. The number of alkyl halides is 1. The van der Waals surface area contributed by atoms with Gasteiger partial charge in [0, 0.05) is 22.7 Å². The minimum absolute atomic E-state index is 0.298. The van der Waals surface area contributed by atoms with E-state index in [9.17, 15) is 4.39 Å². The van der Waals surface area contributed by atoms with Gasteiger partial charge in [0.1, 0.15) is 11.4 Å². The molecule has 2 aliphatic rings. The zero-order chi connectivity index (χ0) is 26.1. The summed E-state index contributed by atoms with van der Waals surface area (Å²) in [4.78, 5) is 0. The van der Waals surface area contributed by atoms with Crippen LogP contribution in [0.5, 0.6) is 0 Å². The molecule has 0 aliphatic heterocycles. The third kappa shape index (κ3) is 5.13. The molecule has 0 unspecified atom stereocenters. The molecule has 1 saturated carbocycles. The molecule has 2 aliphatic carbocycles. The van der Waals surface area contributed by atoms with E-state index in [1.165, 1.54) is 43.2 Å². The SMILES string of the molecule is FCCCc1ccc2c(c1)CCCc1c(-c3cn(CC4CCCCC4)nn3)nn(-c3ccc(Cl)cc3Cl)c1-2. The van der Waals surface area contributed by atoms with Crippen LogP contribution in [-0.4, -0.2) is 31.4 Å². The van der Waals surface area contributed by atoms with Gasteiger partial charge in [-0.3, -0.25) is 9.07 Å². The Morgan fingerprint density at radius 1 is 0.974 bits per heavy atom. The number of aryl methyl sites for hydroxylation is 2. The molecule has 1 fully saturated rings. The fourth-order valence-corrected chi connectivity index (χ4v) is 6.58. The third-order valence-electron chi connectivity index (χ3n) is 7.97. The summed E-state index contributed by atoms with van der Waals surface area (Å²) in [5.74, 6) is 0.666. The van der Waals surface area contributed by atoms with Crippen molar-refractivity contribution in [3.05, 3.63) is 69.3 Å². The summed E-state index contributed by atoms with van der Waals surface area (Å²) in [6.45, 7) is 0.608. The largest absolute Gasteiger partial charge is 0.252 e. The lowest BCUT2D eigenvalue weighted by molar-refractivity contribution is 0.305. The highest BCUT2D eigenvalue weighted by molar-refractivity contribution is 6.35. The zero-order valence-corrected chi connectivity index (χ0v) is 23.0. The molecule has 0 bridgehead atoms. The molecule has 5 nitrogen and oxygen atoms in total. The van der Waals surface area contributed by atoms with Gasteiger partial charge >= 0.3 is 0 Å². The molecule has 0 atom stereocenters. The van der Waals surface area contributed by atoms with Crippen molar-refractivity contribution >= 4 is 23.2 Å². The standard InChI is InChI=1S/C30H32Cl2FN5/c31-23-12-14-28(26(32)17-23)38-30-24-13-11-20(8-5-15-33)16-22(24)9-4-10-25(30)29(35-38)27-19-37(36-34-27)18-21-6-2-1-3-7-21/h11-14,16-17,19,21H,1-10,15,18H2. The molecule has 8 heteroatoms. The van der Waals surface area contributed by atoms with E-state index in [-0.39, 0.29) is 6.67 Å². The Hall–Kier alpha value is -2.70. The summed E-state index contributed by atoms with van der Waals surface area (Å²) in [5.41, 5.74) is 8.21. The van der Waals surface area contributed by atoms with Crippen molar-refractivity contribution < 1.29 is 4.39 Å². The normalized spacial score (nSPS) is 15.8. The number of benzene rings is 2. The van der Waals surface area contributed by atoms with Crippen molar-refractivity contribution in [2.75, 3.05) is 6.67 Å². The summed E-state index contributed by atoms with van der Waals surface area (Å²) < 4.78 is 16.8. The van der Waals surface area contributed by atoms with Gasteiger partial charge in [0.2, 0.25) is 0 Å². The number of hydrogen-bond acceptors (Lipinski definition) is 3. The molecule has 38 heavy (non-hydrogen) atoms. The molecule has 0 saturated heterocycles. The van der Waals surface area contributed by atoms with E-state index in [4.69, 9.17) is 28.3 Å². The van der Waals surface area contributed by atoms with Crippen LogP contribution in [0, 0.1) is 5.92 Å². The summed E-state index contributed by atoms with van der Waals surface area (Å²) in [7, 11) is 0. The summed E-state index contributed by atoms with van der Waals surface area (Å²) in [5, 5.41) is 15.3. The van der Waals surface area contributed by atoms with Crippen molar-refractivity contribution in [2.45, 2.75) is 70.8 Å². The number of rotatable bonds is 7. The highest BCUT2D eigenvalue weighted by atomic mass is 35.5. The fraction of sp³-hybridized carbons (Fsp3) is 0.433. The minimum atomic E-state index is -0.298. The van der Waals surface area contributed by atoms with Gasteiger partial charge in [-0.05, 0) is 80.2 Å². The third-order valence-corrected chi connectivity index (χ3v) is 8.51. The van der Waals surface area contributed by atoms with Crippen LogP contribution in [0.15, 0.2) is 42.6 Å². The Bertz CT molecular complexity index is 1440. The Labute approximate surface area is 233 Å². The second kappa shape index (κ2) is 11.2.